The Morgan fingerprint density at radius 3 is 2.41 bits per heavy atom. The molecule has 0 radical (unpaired) electrons. The molecule has 1 rings (SSSR count). The monoisotopic (exact) mass is 249 g/mol. The minimum Gasteiger partial charge on any atom is -0.497 e. The Kier molecular flexibility index (Phi) is 5.37. The van der Waals surface area contributed by atoms with E-state index in [4.69, 9.17) is 10.00 Å². The molecule has 0 aliphatic rings. The predicted molar refractivity (Wildman–Crippen MR) is 73.4 cm³/mol. The maximum Gasteiger partial charge on any atom is 0.133 e. The van der Waals surface area contributed by atoms with Crippen LogP contribution in [0.4, 0.5) is 0 Å². The number of aryl methyl sites for hydroxylation is 2. The molecule has 92 valence electrons. The Hall–Kier alpha value is -1.14. The summed E-state index contributed by atoms with van der Waals surface area (Å²) in [6, 6.07) is 4.15. The van der Waals surface area contributed by atoms with Gasteiger partial charge in [0, 0.05) is 5.75 Å². The molecule has 1 aromatic rings. The van der Waals surface area contributed by atoms with Gasteiger partial charge in [-0.1, -0.05) is 6.92 Å². The molecule has 1 unspecified atom stereocenters. The highest BCUT2D eigenvalue weighted by Crippen LogP contribution is 2.24. The molecule has 0 saturated carbocycles. The summed E-state index contributed by atoms with van der Waals surface area (Å²) in [4.78, 5) is 0. The Balaban J connectivity index is 2.81. The van der Waals surface area contributed by atoms with Crippen LogP contribution in [0.2, 0.25) is 0 Å². The molecule has 0 heterocycles. The molecule has 17 heavy (non-hydrogen) atoms. The second-order valence-corrected chi connectivity index (χ2v) is 5.26. The van der Waals surface area contributed by atoms with Crippen LogP contribution in [0.5, 0.6) is 5.75 Å². The number of benzene rings is 1. The Morgan fingerprint density at radius 2 is 1.94 bits per heavy atom. The van der Waals surface area contributed by atoms with E-state index in [0.29, 0.717) is 5.92 Å². The van der Waals surface area contributed by atoms with Gasteiger partial charge in [0.25, 0.3) is 0 Å². The van der Waals surface area contributed by atoms with Crippen molar-refractivity contribution in [1.82, 2.24) is 0 Å². The van der Waals surface area contributed by atoms with E-state index in [1.54, 1.807) is 7.11 Å². The molecule has 0 spiro atoms. The number of hydrogen-bond donors (Lipinski definition) is 0. The van der Waals surface area contributed by atoms with Gasteiger partial charge in [0.15, 0.2) is 0 Å². The average Bonchev–Trinajstić information content (AvgIpc) is 2.30. The van der Waals surface area contributed by atoms with Gasteiger partial charge in [-0.25, -0.2) is 0 Å². The van der Waals surface area contributed by atoms with E-state index in [0.717, 1.165) is 17.9 Å². The SMILES string of the molecule is COc1cc(C)c(CC(C)CSC#N)c(C)c1. The van der Waals surface area contributed by atoms with Crippen molar-refractivity contribution in [2.45, 2.75) is 27.2 Å². The van der Waals surface area contributed by atoms with Crippen LogP contribution in [0.25, 0.3) is 0 Å². The molecule has 0 amide bonds. The zero-order valence-electron chi connectivity index (χ0n) is 10.9. The zero-order valence-corrected chi connectivity index (χ0v) is 11.7. The smallest absolute Gasteiger partial charge is 0.133 e. The molecule has 3 heteroatoms. The first kappa shape index (κ1) is 13.9. The molecule has 0 bridgehead atoms. The maximum absolute atomic E-state index is 8.56. The highest BCUT2D eigenvalue weighted by molar-refractivity contribution is 8.03. The molecule has 1 aromatic carbocycles. The Bertz CT molecular complexity index is 400. The van der Waals surface area contributed by atoms with Crippen LogP contribution in [0.1, 0.15) is 23.6 Å². The van der Waals surface area contributed by atoms with Gasteiger partial charge in [0.05, 0.1) is 7.11 Å². The maximum atomic E-state index is 8.56. The van der Waals surface area contributed by atoms with Crippen molar-refractivity contribution in [2.24, 2.45) is 5.92 Å². The molecule has 2 nitrogen and oxygen atoms in total. The fourth-order valence-electron chi connectivity index (χ4n) is 1.98. The third-order valence-corrected chi connectivity index (χ3v) is 3.76. The fraction of sp³-hybridized carbons (Fsp3) is 0.500. The predicted octanol–water partition coefficient (Wildman–Crippen LogP) is 3.70. The number of hydrogen-bond acceptors (Lipinski definition) is 3. The third-order valence-electron chi connectivity index (χ3n) is 2.89. The van der Waals surface area contributed by atoms with E-state index >= 15 is 0 Å². The molecular weight excluding hydrogens is 230 g/mol. The standard InChI is InChI=1S/C14H19NOS/c1-10(8-17-9-15)5-14-11(2)6-13(16-4)7-12(14)3/h6-7,10H,5,8H2,1-4H3. The zero-order chi connectivity index (χ0) is 12.8. The summed E-state index contributed by atoms with van der Waals surface area (Å²) in [6.07, 6.45) is 1.02. The van der Waals surface area contributed by atoms with E-state index < -0.39 is 0 Å². The summed E-state index contributed by atoms with van der Waals surface area (Å²) in [5.74, 6) is 2.33. The van der Waals surface area contributed by atoms with Crippen LogP contribution in [-0.4, -0.2) is 12.9 Å². The summed E-state index contributed by atoms with van der Waals surface area (Å²) in [5, 5.41) is 10.7. The molecule has 0 aliphatic carbocycles. The lowest BCUT2D eigenvalue weighted by Crippen LogP contribution is -2.06. The van der Waals surface area contributed by atoms with Gasteiger partial charge in [0.2, 0.25) is 0 Å². The van der Waals surface area contributed by atoms with Crippen molar-refractivity contribution in [1.29, 1.82) is 5.26 Å². The fourth-order valence-corrected chi connectivity index (χ4v) is 2.46. The topological polar surface area (TPSA) is 33.0 Å². The second kappa shape index (κ2) is 6.56. The summed E-state index contributed by atoms with van der Waals surface area (Å²) in [6.45, 7) is 6.43. The van der Waals surface area contributed by atoms with E-state index in [-0.39, 0.29) is 0 Å². The first-order valence-corrected chi connectivity index (χ1v) is 6.72. The minimum atomic E-state index is 0.519. The van der Waals surface area contributed by atoms with Crippen molar-refractivity contribution < 1.29 is 4.74 Å². The summed E-state index contributed by atoms with van der Waals surface area (Å²) < 4.78 is 5.25. The summed E-state index contributed by atoms with van der Waals surface area (Å²) in [7, 11) is 1.69. The molecule has 0 aromatic heterocycles. The lowest BCUT2D eigenvalue weighted by Gasteiger charge is -2.15. The molecule has 0 fully saturated rings. The van der Waals surface area contributed by atoms with Gasteiger partial charge in [-0.2, -0.15) is 5.26 Å². The number of methoxy groups -OCH3 is 1. The Morgan fingerprint density at radius 1 is 1.35 bits per heavy atom. The lowest BCUT2D eigenvalue weighted by molar-refractivity contribution is 0.414. The summed E-state index contributed by atoms with van der Waals surface area (Å²) >= 11 is 1.34. The van der Waals surface area contributed by atoms with Crippen molar-refractivity contribution in [3.63, 3.8) is 0 Å². The van der Waals surface area contributed by atoms with Crippen LogP contribution < -0.4 is 4.74 Å². The molecule has 0 saturated heterocycles. The first-order valence-electron chi connectivity index (χ1n) is 5.73. The van der Waals surface area contributed by atoms with Gasteiger partial charge in [-0.3, -0.25) is 0 Å². The number of thioether (sulfide) groups is 1. The lowest BCUT2D eigenvalue weighted by atomic mass is 9.94. The normalized spacial score (nSPS) is 11.9. The van der Waals surface area contributed by atoms with Crippen molar-refractivity contribution in [3.05, 3.63) is 28.8 Å². The number of thiocyanates is 1. The molecular formula is C14H19NOS. The van der Waals surface area contributed by atoms with Crippen molar-refractivity contribution in [2.75, 3.05) is 12.9 Å². The second-order valence-electron chi connectivity index (χ2n) is 4.45. The van der Waals surface area contributed by atoms with Crippen LogP contribution in [0.15, 0.2) is 12.1 Å². The van der Waals surface area contributed by atoms with Crippen molar-refractivity contribution >= 4 is 11.8 Å². The van der Waals surface area contributed by atoms with E-state index in [1.807, 2.05) is 0 Å². The van der Waals surface area contributed by atoms with Crippen LogP contribution in [0.3, 0.4) is 0 Å². The number of rotatable bonds is 5. The Labute approximate surface area is 108 Å². The van der Waals surface area contributed by atoms with Crippen LogP contribution in [-0.2, 0) is 6.42 Å². The van der Waals surface area contributed by atoms with E-state index in [1.165, 1.54) is 28.5 Å². The van der Waals surface area contributed by atoms with Gasteiger partial charge >= 0.3 is 0 Å². The highest BCUT2D eigenvalue weighted by atomic mass is 32.2. The highest BCUT2D eigenvalue weighted by Gasteiger charge is 2.10. The van der Waals surface area contributed by atoms with Crippen molar-refractivity contribution in [3.8, 4) is 11.2 Å². The van der Waals surface area contributed by atoms with Gasteiger partial charge in [0.1, 0.15) is 11.2 Å². The molecule has 0 N–H and O–H groups in total. The van der Waals surface area contributed by atoms with E-state index in [9.17, 15) is 0 Å². The quantitative estimate of drug-likeness (QED) is 0.746. The number of nitrogens with zero attached hydrogens (tertiary/aromatic N) is 1. The number of nitriles is 1. The molecule has 0 aliphatic heterocycles. The van der Waals surface area contributed by atoms with Crippen LogP contribution >= 0.6 is 11.8 Å². The van der Waals surface area contributed by atoms with Crippen LogP contribution in [0, 0.1) is 30.4 Å². The number of ether oxygens (including phenoxy) is 1. The third kappa shape index (κ3) is 3.98. The van der Waals surface area contributed by atoms with Gasteiger partial charge in [-0.05, 0) is 66.8 Å². The van der Waals surface area contributed by atoms with Gasteiger partial charge in [-0.15, -0.1) is 0 Å². The average molecular weight is 249 g/mol. The van der Waals surface area contributed by atoms with Gasteiger partial charge < -0.3 is 4.74 Å². The first-order chi connectivity index (χ1) is 8.08. The summed E-state index contributed by atoms with van der Waals surface area (Å²) in [5.41, 5.74) is 3.93. The largest absolute Gasteiger partial charge is 0.497 e. The van der Waals surface area contributed by atoms with E-state index in [2.05, 4.69) is 38.3 Å². The molecule has 1 atom stereocenters. The minimum absolute atomic E-state index is 0.519.